The number of hydrogen-bond acceptors (Lipinski definition) is 6. The van der Waals surface area contributed by atoms with Crippen molar-refractivity contribution in [2.45, 2.75) is 46.2 Å². The molecule has 0 amide bonds. The zero-order chi connectivity index (χ0) is 19.0. The fraction of sp³-hybridized carbons (Fsp3) is 0.474. The van der Waals surface area contributed by atoms with Gasteiger partial charge in [-0.2, -0.15) is 0 Å². The van der Waals surface area contributed by atoms with Crippen LogP contribution in [0.15, 0.2) is 15.3 Å². The Morgan fingerprint density at radius 1 is 1.46 bits per heavy atom. The van der Waals surface area contributed by atoms with Crippen LogP contribution >= 0.6 is 11.6 Å². The highest BCUT2D eigenvalue weighted by Crippen LogP contribution is 2.40. The molecular weight excluding hydrogens is 358 g/mol. The molecule has 1 aliphatic heterocycles. The summed E-state index contributed by atoms with van der Waals surface area (Å²) in [5.41, 5.74) is 1.66. The number of rotatable bonds is 4. The number of hydrogen-bond donors (Lipinski definition) is 0. The summed E-state index contributed by atoms with van der Waals surface area (Å²) in [6, 6.07) is 2.05. The molecule has 6 nitrogen and oxygen atoms in total. The molecule has 2 heterocycles. The van der Waals surface area contributed by atoms with Crippen molar-refractivity contribution < 1.29 is 18.7 Å². The third-order valence-corrected chi connectivity index (χ3v) is 5.36. The Labute approximate surface area is 156 Å². The van der Waals surface area contributed by atoms with Crippen molar-refractivity contribution in [3.05, 3.63) is 38.2 Å². The third-order valence-electron chi connectivity index (χ3n) is 5.08. The highest BCUT2D eigenvalue weighted by molar-refractivity contribution is 6.33. The quantitative estimate of drug-likeness (QED) is 0.599. The van der Waals surface area contributed by atoms with E-state index in [4.69, 9.17) is 20.8 Å². The smallest absolute Gasteiger partial charge is 0.340 e. The molecule has 1 aromatic carbocycles. The molecule has 26 heavy (non-hydrogen) atoms. The topological polar surface area (TPSA) is 69.0 Å². The van der Waals surface area contributed by atoms with Gasteiger partial charge in [0, 0.05) is 18.0 Å². The second-order valence-electron chi connectivity index (χ2n) is 6.57. The number of nitrogens with zero attached hydrogens (tertiary/aromatic N) is 1. The lowest BCUT2D eigenvalue weighted by atomic mass is 10.00. The molecule has 1 aromatic heterocycles. The lowest BCUT2D eigenvalue weighted by Crippen LogP contribution is -2.38. The number of aryl methyl sites for hydroxylation is 1. The molecule has 0 spiro atoms. The first-order chi connectivity index (χ1) is 12.4. The number of methoxy groups -OCH3 is 1. The van der Waals surface area contributed by atoms with E-state index in [1.807, 2.05) is 0 Å². The molecule has 0 radical (unpaired) electrons. The monoisotopic (exact) mass is 379 g/mol. The second-order valence-corrected chi connectivity index (χ2v) is 6.97. The first kappa shape index (κ1) is 18.7. The van der Waals surface area contributed by atoms with Crippen LogP contribution in [0.1, 0.15) is 37.0 Å². The van der Waals surface area contributed by atoms with Crippen molar-refractivity contribution in [2.75, 3.05) is 13.8 Å². The van der Waals surface area contributed by atoms with Crippen LogP contribution in [0.4, 0.5) is 0 Å². The van der Waals surface area contributed by atoms with Gasteiger partial charge in [0.25, 0.3) is 0 Å². The largest absolute Gasteiger partial charge is 0.476 e. The standard InChI is InChI=1S/C19H22ClNO5/c1-5-10(2)21-8-14-17-12(6-15(20)18(14)25-9-21)11(3)13(19(23)26-17)7-16(22)24-4/h6,10H,5,7-9H2,1-4H3/t10-/m1/s1. The zero-order valence-electron chi connectivity index (χ0n) is 15.3. The number of ether oxygens (including phenoxy) is 2. The summed E-state index contributed by atoms with van der Waals surface area (Å²) in [6.07, 6.45) is 0.842. The molecule has 3 rings (SSSR count). The molecule has 0 saturated heterocycles. The summed E-state index contributed by atoms with van der Waals surface area (Å²) < 4.78 is 16.1. The third kappa shape index (κ3) is 3.19. The Bertz CT molecular complexity index is 921. The molecule has 0 fully saturated rings. The van der Waals surface area contributed by atoms with E-state index in [9.17, 15) is 9.59 Å². The van der Waals surface area contributed by atoms with Crippen LogP contribution in [0.25, 0.3) is 11.0 Å². The van der Waals surface area contributed by atoms with E-state index in [1.165, 1.54) is 7.11 Å². The van der Waals surface area contributed by atoms with Gasteiger partial charge in [0.1, 0.15) is 18.1 Å². The van der Waals surface area contributed by atoms with Gasteiger partial charge in [-0.1, -0.05) is 18.5 Å². The van der Waals surface area contributed by atoms with Gasteiger partial charge in [0.15, 0.2) is 0 Å². The molecule has 0 saturated carbocycles. The lowest BCUT2D eigenvalue weighted by Gasteiger charge is -2.33. The second kappa shape index (κ2) is 7.29. The number of esters is 1. The predicted octanol–water partition coefficient (Wildman–Crippen LogP) is 3.42. The fourth-order valence-electron chi connectivity index (χ4n) is 3.19. The van der Waals surface area contributed by atoms with Gasteiger partial charge in [-0.05, 0) is 31.9 Å². The molecule has 0 aliphatic carbocycles. The predicted molar refractivity (Wildman–Crippen MR) is 98.7 cm³/mol. The Hall–Kier alpha value is -2.05. The normalized spacial score (nSPS) is 15.4. The highest BCUT2D eigenvalue weighted by atomic mass is 35.5. The summed E-state index contributed by atoms with van der Waals surface area (Å²) in [4.78, 5) is 26.3. The Morgan fingerprint density at radius 3 is 2.85 bits per heavy atom. The summed E-state index contributed by atoms with van der Waals surface area (Å²) in [5, 5.41) is 1.18. The average molecular weight is 380 g/mol. The van der Waals surface area contributed by atoms with E-state index >= 15 is 0 Å². The molecule has 1 atom stereocenters. The van der Waals surface area contributed by atoms with Gasteiger partial charge in [-0.3, -0.25) is 9.69 Å². The van der Waals surface area contributed by atoms with Crippen molar-refractivity contribution >= 4 is 28.5 Å². The van der Waals surface area contributed by atoms with Gasteiger partial charge >= 0.3 is 11.6 Å². The molecule has 7 heteroatoms. The maximum atomic E-state index is 12.5. The summed E-state index contributed by atoms with van der Waals surface area (Å²) in [5.74, 6) is 0.0667. The average Bonchev–Trinajstić information content (AvgIpc) is 2.65. The van der Waals surface area contributed by atoms with Crippen LogP contribution in [-0.2, 0) is 22.5 Å². The molecule has 0 bridgehead atoms. The number of carbonyl (C=O) groups excluding carboxylic acids is 1. The van der Waals surface area contributed by atoms with Crippen molar-refractivity contribution in [3.63, 3.8) is 0 Å². The highest BCUT2D eigenvalue weighted by Gasteiger charge is 2.28. The lowest BCUT2D eigenvalue weighted by molar-refractivity contribution is -0.139. The molecule has 2 aromatic rings. The summed E-state index contributed by atoms with van der Waals surface area (Å²) in [6.45, 7) is 7.05. The first-order valence-electron chi connectivity index (χ1n) is 8.58. The van der Waals surface area contributed by atoms with Crippen LogP contribution in [0.5, 0.6) is 5.75 Å². The molecule has 1 aliphatic rings. The maximum absolute atomic E-state index is 12.5. The number of carbonyl (C=O) groups is 1. The summed E-state index contributed by atoms with van der Waals surface area (Å²) >= 11 is 6.42. The molecule has 140 valence electrons. The van der Waals surface area contributed by atoms with Crippen LogP contribution in [0, 0.1) is 6.92 Å². The fourth-order valence-corrected chi connectivity index (χ4v) is 3.47. The minimum Gasteiger partial charge on any atom is -0.476 e. The van der Waals surface area contributed by atoms with E-state index in [1.54, 1.807) is 13.0 Å². The van der Waals surface area contributed by atoms with Crippen molar-refractivity contribution in [1.82, 2.24) is 4.90 Å². The van der Waals surface area contributed by atoms with Crippen molar-refractivity contribution in [3.8, 4) is 5.75 Å². The minimum absolute atomic E-state index is 0.134. The van der Waals surface area contributed by atoms with E-state index < -0.39 is 11.6 Å². The Morgan fingerprint density at radius 2 is 2.19 bits per heavy atom. The van der Waals surface area contributed by atoms with E-state index in [0.29, 0.717) is 46.6 Å². The van der Waals surface area contributed by atoms with E-state index in [0.717, 1.165) is 12.0 Å². The van der Waals surface area contributed by atoms with Gasteiger partial charge in [-0.15, -0.1) is 0 Å². The van der Waals surface area contributed by atoms with Gasteiger partial charge < -0.3 is 13.9 Å². The van der Waals surface area contributed by atoms with Gasteiger partial charge in [0.05, 0.1) is 29.7 Å². The summed E-state index contributed by atoms with van der Waals surface area (Å²) in [7, 11) is 1.29. The first-order valence-corrected chi connectivity index (χ1v) is 8.96. The van der Waals surface area contributed by atoms with Crippen molar-refractivity contribution in [1.29, 1.82) is 0 Å². The SMILES string of the molecule is CC[C@@H](C)N1COc2c(Cl)cc3c(C)c(CC(=O)OC)c(=O)oc3c2C1. The number of halogens is 1. The zero-order valence-corrected chi connectivity index (χ0v) is 16.1. The van der Waals surface area contributed by atoms with Crippen LogP contribution in [-0.4, -0.2) is 30.8 Å². The molecule has 0 unspecified atom stereocenters. The van der Waals surface area contributed by atoms with Crippen LogP contribution < -0.4 is 10.4 Å². The maximum Gasteiger partial charge on any atom is 0.340 e. The van der Waals surface area contributed by atoms with Gasteiger partial charge in [0.2, 0.25) is 0 Å². The van der Waals surface area contributed by atoms with Crippen LogP contribution in [0.2, 0.25) is 5.02 Å². The van der Waals surface area contributed by atoms with Gasteiger partial charge in [-0.25, -0.2) is 4.79 Å². The minimum atomic E-state index is -0.536. The number of benzene rings is 1. The Balaban J connectivity index is 2.18. The van der Waals surface area contributed by atoms with Crippen molar-refractivity contribution in [2.24, 2.45) is 0 Å². The van der Waals surface area contributed by atoms with E-state index in [2.05, 4.69) is 23.5 Å². The molecule has 0 N–H and O–H groups in total. The number of fused-ring (bicyclic) bond motifs is 3. The van der Waals surface area contributed by atoms with E-state index in [-0.39, 0.29) is 12.0 Å². The van der Waals surface area contributed by atoms with Crippen LogP contribution in [0.3, 0.4) is 0 Å². The Kier molecular flexibility index (Phi) is 5.25. The molecular formula is C19H22ClNO5.